The number of hydrogen-bond acceptors (Lipinski definition) is 4. The van der Waals surface area contributed by atoms with Crippen LogP contribution in [0.3, 0.4) is 0 Å². The monoisotopic (exact) mass is 348 g/mol. The molecule has 2 N–H and O–H groups in total. The first kappa shape index (κ1) is 15.1. The zero-order valence-electron chi connectivity index (χ0n) is 14.0. The van der Waals surface area contributed by atoms with Gasteiger partial charge in [-0.1, -0.05) is 42.5 Å². The van der Waals surface area contributed by atoms with Crippen molar-refractivity contribution in [1.29, 1.82) is 0 Å². The lowest BCUT2D eigenvalue weighted by molar-refractivity contribution is 0.233. The molecule has 2 aromatic heterocycles. The number of hydrogen-bond donors (Lipinski definition) is 2. The highest BCUT2D eigenvalue weighted by molar-refractivity contribution is 7.26. The zero-order valence-corrected chi connectivity index (χ0v) is 14.8. The minimum Gasteiger partial charge on any atom is -0.314 e. The maximum absolute atomic E-state index is 4.59. The van der Waals surface area contributed by atoms with E-state index >= 15 is 0 Å². The summed E-state index contributed by atoms with van der Waals surface area (Å²) >= 11 is 1.81. The molecule has 0 spiro atoms. The van der Waals surface area contributed by atoms with Crippen molar-refractivity contribution in [2.45, 2.75) is 6.54 Å². The number of benzene rings is 2. The molecule has 0 radical (unpaired) electrons. The van der Waals surface area contributed by atoms with Gasteiger partial charge in [0, 0.05) is 48.4 Å². The van der Waals surface area contributed by atoms with E-state index in [0.717, 1.165) is 43.9 Å². The molecule has 0 unspecified atom stereocenters. The molecule has 4 nitrogen and oxygen atoms in total. The molecule has 0 amide bonds. The molecule has 3 heterocycles. The molecule has 25 heavy (non-hydrogen) atoms. The lowest BCUT2D eigenvalue weighted by atomic mass is 10.1. The number of thiophene rings is 1. The molecule has 1 aliphatic heterocycles. The van der Waals surface area contributed by atoms with Crippen LogP contribution in [0.1, 0.15) is 5.56 Å². The number of fused-ring (bicyclic) bond motifs is 3. The van der Waals surface area contributed by atoms with Crippen LogP contribution in [0, 0.1) is 0 Å². The second-order valence-corrected chi connectivity index (χ2v) is 7.65. The minimum absolute atomic E-state index is 1.03. The standard InChI is InChI=1S/C20H20N4S/c1-2-4-17-16(3-1)19-20(25-17)18(22-23-19)15-7-5-14(6-8-15)13-24-11-9-21-10-12-24/h1-8,21H,9-13H2,(H,22,23). The average molecular weight is 348 g/mol. The van der Waals surface area contributed by atoms with Crippen LogP contribution in [0.15, 0.2) is 48.5 Å². The van der Waals surface area contributed by atoms with Crippen molar-refractivity contribution in [2.75, 3.05) is 26.2 Å². The van der Waals surface area contributed by atoms with Crippen molar-refractivity contribution in [3.8, 4) is 11.3 Å². The van der Waals surface area contributed by atoms with Gasteiger partial charge in [0.2, 0.25) is 0 Å². The van der Waals surface area contributed by atoms with E-state index in [9.17, 15) is 0 Å². The number of nitrogens with one attached hydrogen (secondary N) is 2. The maximum Gasteiger partial charge on any atom is 0.110 e. The van der Waals surface area contributed by atoms with Crippen LogP contribution in [0.4, 0.5) is 0 Å². The second kappa shape index (κ2) is 6.26. The van der Waals surface area contributed by atoms with Crippen LogP contribution >= 0.6 is 11.3 Å². The topological polar surface area (TPSA) is 44.0 Å². The molecular weight excluding hydrogens is 328 g/mol. The van der Waals surface area contributed by atoms with Gasteiger partial charge in [-0.3, -0.25) is 10.00 Å². The van der Waals surface area contributed by atoms with E-state index in [-0.39, 0.29) is 0 Å². The highest BCUT2D eigenvalue weighted by Crippen LogP contribution is 2.38. The van der Waals surface area contributed by atoms with Gasteiger partial charge in [0.05, 0.1) is 10.2 Å². The van der Waals surface area contributed by atoms with Crippen LogP contribution in [0.5, 0.6) is 0 Å². The number of aromatic amines is 1. The number of H-pyrrole nitrogens is 1. The van der Waals surface area contributed by atoms with Crippen LogP contribution in [0.25, 0.3) is 31.6 Å². The Labute approximate surface area is 150 Å². The van der Waals surface area contributed by atoms with E-state index in [1.807, 2.05) is 11.3 Å². The third kappa shape index (κ3) is 2.74. The van der Waals surface area contributed by atoms with Gasteiger partial charge < -0.3 is 5.32 Å². The van der Waals surface area contributed by atoms with Crippen molar-refractivity contribution < 1.29 is 0 Å². The fourth-order valence-electron chi connectivity index (χ4n) is 3.58. The van der Waals surface area contributed by atoms with Gasteiger partial charge in [-0.05, 0) is 11.6 Å². The Bertz CT molecular complexity index is 1010. The van der Waals surface area contributed by atoms with E-state index in [4.69, 9.17) is 0 Å². The molecule has 126 valence electrons. The van der Waals surface area contributed by atoms with Crippen molar-refractivity contribution in [1.82, 2.24) is 20.4 Å². The third-order valence-corrected chi connectivity index (χ3v) is 6.11. The quantitative estimate of drug-likeness (QED) is 0.591. The molecule has 0 aliphatic carbocycles. The van der Waals surface area contributed by atoms with Gasteiger partial charge in [-0.2, -0.15) is 5.10 Å². The first-order valence-corrected chi connectivity index (χ1v) is 9.58. The summed E-state index contributed by atoms with van der Waals surface area (Å²) in [5.41, 5.74) is 4.76. The highest BCUT2D eigenvalue weighted by atomic mass is 32.1. The molecular formula is C20H20N4S. The molecule has 5 rings (SSSR count). The summed E-state index contributed by atoms with van der Waals surface area (Å²) in [7, 11) is 0. The highest BCUT2D eigenvalue weighted by Gasteiger charge is 2.14. The van der Waals surface area contributed by atoms with E-state index in [1.54, 1.807) is 0 Å². The summed E-state index contributed by atoms with van der Waals surface area (Å²) in [5, 5.41) is 12.5. The van der Waals surface area contributed by atoms with Crippen molar-refractivity contribution >= 4 is 31.6 Å². The maximum atomic E-state index is 4.59. The van der Waals surface area contributed by atoms with E-state index in [1.165, 1.54) is 25.9 Å². The predicted octanol–water partition coefficient (Wildman–Crippen LogP) is 3.85. The fraction of sp³-hybridized carbons (Fsp3) is 0.250. The summed E-state index contributed by atoms with van der Waals surface area (Å²) in [4.78, 5) is 2.50. The van der Waals surface area contributed by atoms with Crippen molar-refractivity contribution in [3.05, 3.63) is 54.1 Å². The summed E-state index contributed by atoms with van der Waals surface area (Å²) < 4.78 is 2.55. The summed E-state index contributed by atoms with van der Waals surface area (Å²) in [5.74, 6) is 0. The van der Waals surface area contributed by atoms with E-state index in [0.29, 0.717) is 0 Å². The van der Waals surface area contributed by atoms with Crippen LogP contribution in [0.2, 0.25) is 0 Å². The lowest BCUT2D eigenvalue weighted by Gasteiger charge is -2.27. The Morgan fingerprint density at radius 3 is 2.64 bits per heavy atom. The van der Waals surface area contributed by atoms with Gasteiger partial charge in [0.25, 0.3) is 0 Å². The normalized spacial score (nSPS) is 16.0. The molecule has 1 fully saturated rings. The Morgan fingerprint density at radius 2 is 1.80 bits per heavy atom. The molecule has 0 bridgehead atoms. The molecule has 5 heteroatoms. The van der Waals surface area contributed by atoms with Gasteiger partial charge >= 0.3 is 0 Å². The molecule has 2 aromatic carbocycles. The summed E-state index contributed by atoms with van der Waals surface area (Å²) in [6, 6.07) is 17.4. The smallest absolute Gasteiger partial charge is 0.110 e. The lowest BCUT2D eigenvalue weighted by Crippen LogP contribution is -2.42. The fourth-order valence-corrected chi connectivity index (χ4v) is 4.74. The van der Waals surface area contributed by atoms with Crippen molar-refractivity contribution in [2.24, 2.45) is 0 Å². The number of rotatable bonds is 3. The van der Waals surface area contributed by atoms with Crippen LogP contribution < -0.4 is 5.32 Å². The van der Waals surface area contributed by atoms with Gasteiger partial charge in [-0.15, -0.1) is 11.3 Å². The average Bonchev–Trinajstić information content (AvgIpc) is 3.23. The van der Waals surface area contributed by atoms with E-state index in [2.05, 4.69) is 68.9 Å². The van der Waals surface area contributed by atoms with Gasteiger partial charge in [-0.25, -0.2) is 0 Å². The molecule has 0 saturated carbocycles. The first-order valence-electron chi connectivity index (χ1n) is 8.76. The van der Waals surface area contributed by atoms with Gasteiger partial charge in [0.1, 0.15) is 5.69 Å². The summed E-state index contributed by atoms with van der Waals surface area (Å²) in [6.45, 7) is 5.47. The van der Waals surface area contributed by atoms with Gasteiger partial charge in [0.15, 0.2) is 0 Å². The Balaban J connectivity index is 1.45. The Hall–Kier alpha value is -2.21. The largest absolute Gasteiger partial charge is 0.314 e. The predicted molar refractivity (Wildman–Crippen MR) is 105 cm³/mol. The third-order valence-electron chi connectivity index (χ3n) is 4.93. The summed E-state index contributed by atoms with van der Waals surface area (Å²) in [6.07, 6.45) is 0. The Kier molecular flexibility index (Phi) is 3.77. The number of aromatic nitrogens is 2. The second-order valence-electron chi connectivity index (χ2n) is 6.60. The first-order chi connectivity index (χ1) is 12.4. The molecule has 4 aromatic rings. The minimum atomic E-state index is 1.03. The van der Waals surface area contributed by atoms with Crippen LogP contribution in [-0.4, -0.2) is 41.3 Å². The number of piperazine rings is 1. The van der Waals surface area contributed by atoms with Crippen molar-refractivity contribution in [3.63, 3.8) is 0 Å². The molecule has 1 aliphatic rings. The van der Waals surface area contributed by atoms with Crippen LogP contribution in [-0.2, 0) is 6.54 Å². The SMILES string of the molecule is c1ccc2c(c1)sc1c(-c3ccc(CN4CCNCC4)cc3)n[nH]c12. The van der Waals surface area contributed by atoms with E-state index < -0.39 is 0 Å². The number of nitrogens with zero attached hydrogens (tertiary/aromatic N) is 2. The molecule has 1 saturated heterocycles. The Morgan fingerprint density at radius 1 is 1.00 bits per heavy atom. The zero-order chi connectivity index (χ0) is 16.6. The molecule has 0 atom stereocenters.